The van der Waals surface area contributed by atoms with Crippen LogP contribution in [0, 0.1) is 10.1 Å². The molecule has 1 aromatic heterocycles. The summed E-state index contributed by atoms with van der Waals surface area (Å²) in [6.45, 7) is 5.02. The van der Waals surface area contributed by atoms with Crippen LogP contribution in [0.25, 0.3) is 10.9 Å². The van der Waals surface area contributed by atoms with Crippen LogP contribution >= 0.6 is 27.5 Å². The van der Waals surface area contributed by atoms with Crippen LogP contribution < -0.4 is 16.0 Å². The maximum Gasteiger partial charge on any atom is 0.313 e. The van der Waals surface area contributed by atoms with Crippen LogP contribution in [0.2, 0.25) is 5.02 Å². The number of amides is 1. The van der Waals surface area contributed by atoms with Crippen molar-refractivity contribution in [1.29, 1.82) is 0 Å². The molecule has 0 saturated heterocycles. The third kappa shape index (κ3) is 5.37. The smallest absolute Gasteiger partial charge is 0.313 e. The number of rotatable bonds is 6. The van der Waals surface area contributed by atoms with Crippen molar-refractivity contribution in [3.63, 3.8) is 0 Å². The molecule has 0 aliphatic carbocycles. The van der Waals surface area contributed by atoms with E-state index < -0.39 is 34.1 Å². The fourth-order valence-electron chi connectivity index (χ4n) is 2.99. The molecule has 12 heteroatoms. The number of halogens is 2. The third-order valence-corrected chi connectivity index (χ3v) is 5.12. The molecule has 0 atom stereocenters. The average molecular weight is 537 g/mol. The van der Waals surface area contributed by atoms with E-state index >= 15 is 0 Å². The number of primary amides is 1. The molecule has 0 unspecified atom stereocenters. The predicted molar refractivity (Wildman–Crippen MR) is 128 cm³/mol. The molecular formula is C21H19BrClN5O5. The highest BCUT2D eigenvalue weighted by Gasteiger charge is 2.24. The van der Waals surface area contributed by atoms with Crippen molar-refractivity contribution in [2.24, 2.45) is 10.8 Å². The van der Waals surface area contributed by atoms with Gasteiger partial charge in [0.15, 0.2) is 6.61 Å². The number of carbonyl (C=O) groups is 1. The van der Waals surface area contributed by atoms with Gasteiger partial charge >= 0.3 is 5.69 Å². The molecule has 3 aromatic rings. The zero-order valence-corrected chi connectivity index (χ0v) is 20.2. The lowest BCUT2D eigenvalue weighted by molar-refractivity contribution is -0.385. The van der Waals surface area contributed by atoms with Gasteiger partial charge in [-0.15, -0.1) is 0 Å². The van der Waals surface area contributed by atoms with Crippen LogP contribution in [0.1, 0.15) is 32.2 Å². The molecule has 172 valence electrons. The van der Waals surface area contributed by atoms with Gasteiger partial charge in [-0.25, -0.2) is 4.98 Å². The van der Waals surface area contributed by atoms with Crippen molar-refractivity contribution in [2.45, 2.75) is 26.2 Å². The fourth-order valence-corrected chi connectivity index (χ4v) is 3.58. The lowest BCUT2D eigenvalue weighted by atomic mass is 9.95. The van der Waals surface area contributed by atoms with Gasteiger partial charge in [0.25, 0.3) is 11.5 Å². The quantitative estimate of drug-likeness (QED) is 0.289. The Bertz CT molecular complexity index is 1360. The first-order valence-electron chi connectivity index (χ1n) is 9.54. The van der Waals surface area contributed by atoms with E-state index in [1.54, 1.807) is 18.2 Å². The first-order chi connectivity index (χ1) is 15.4. The molecule has 1 amide bonds. The van der Waals surface area contributed by atoms with Gasteiger partial charge in [-0.05, 0) is 24.3 Å². The second kappa shape index (κ2) is 9.28. The second-order valence-corrected chi connectivity index (χ2v) is 9.42. The number of fused-ring (bicyclic) bond motifs is 1. The number of nitro groups is 1. The number of aromatic nitrogens is 2. The van der Waals surface area contributed by atoms with E-state index in [0.29, 0.717) is 21.2 Å². The van der Waals surface area contributed by atoms with Gasteiger partial charge in [0.1, 0.15) is 5.82 Å². The van der Waals surface area contributed by atoms with Gasteiger partial charge in [0, 0.05) is 26.5 Å². The monoisotopic (exact) mass is 535 g/mol. The number of benzene rings is 2. The van der Waals surface area contributed by atoms with E-state index in [-0.39, 0.29) is 16.3 Å². The minimum atomic E-state index is -0.822. The zero-order chi connectivity index (χ0) is 24.5. The van der Waals surface area contributed by atoms with E-state index in [9.17, 15) is 19.7 Å². The highest BCUT2D eigenvalue weighted by Crippen LogP contribution is 2.34. The molecule has 1 heterocycles. The van der Waals surface area contributed by atoms with Crippen molar-refractivity contribution >= 4 is 56.2 Å². The van der Waals surface area contributed by atoms with E-state index in [4.69, 9.17) is 22.1 Å². The molecule has 2 N–H and O–H groups in total. The molecule has 0 fully saturated rings. The fraction of sp³-hybridized carbons (Fsp3) is 0.238. The molecular weight excluding hydrogens is 518 g/mol. The highest BCUT2D eigenvalue weighted by molar-refractivity contribution is 9.10. The molecule has 0 bridgehead atoms. The van der Waals surface area contributed by atoms with Gasteiger partial charge in [0.05, 0.1) is 22.0 Å². The number of nitro benzene ring substituents is 1. The SMILES string of the molecule is CC(C)(C)c1nc2ccc(Br)cc2c(=O)n1N=Cc1cc(Cl)cc([N+](=O)[O-])c1OCC(N)=O. The Hall–Kier alpha value is -3.31. The summed E-state index contributed by atoms with van der Waals surface area (Å²) in [7, 11) is 0. The van der Waals surface area contributed by atoms with Gasteiger partial charge in [-0.2, -0.15) is 9.78 Å². The molecule has 0 radical (unpaired) electrons. The van der Waals surface area contributed by atoms with Crippen LogP contribution in [0.4, 0.5) is 5.69 Å². The average Bonchev–Trinajstić information content (AvgIpc) is 2.71. The Balaban J connectivity index is 2.25. The van der Waals surface area contributed by atoms with Gasteiger partial charge in [-0.1, -0.05) is 48.3 Å². The minimum Gasteiger partial charge on any atom is -0.476 e. The maximum absolute atomic E-state index is 13.3. The Labute approximate surface area is 201 Å². The molecule has 2 aromatic carbocycles. The Kier molecular flexibility index (Phi) is 6.84. The van der Waals surface area contributed by atoms with E-state index in [1.807, 2.05) is 20.8 Å². The van der Waals surface area contributed by atoms with E-state index in [1.165, 1.54) is 12.3 Å². The van der Waals surface area contributed by atoms with Crippen LogP contribution in [-0.4, -0.2) is 33.3 Å². The molecule has 0 aliphatic heterocycles. The first-order valence-corrected chi connectivity index (χ1v) is 10.7. The molecule has 3 rings (SSSR count). The highest BCUT2D eigenvalue weighted by atomic mass is 79.9. The summed E-state index contributed by atoms with van der Waals surface area (Å²) in [5.74, 6) is -0.707. The second-order valence-electron chi connectivity index (χ2n) is 8.06. The van der Waals surface area contributed by atoms with Gasteiger partial charge < -0.3 is 10.5 Å². The van der Waals surface area contributed by atoms with Crippen LogP contribution in [-0.2, 0) is 10.2 Å². The number of ether oxygens (including phenoxy) is 1. The van der Waals surface area contributed by atoms with Crippen molar-refractivity contribution in [1.82, 2.24) is 9.66 Å². The Morgan fingerprint density at radius 1 is 1.36 bits per heavy atom. The zero-order valence-electron chi connectivity index (χ0n) is 17.8. The summed E-state index contributed by atoms with van der Waals surface area (Å²) >= 11 is 9.39. The summed E-state index contributed by atoms with van der Waals surface area (Å²) in [6, 6.07) is 7.58. The molecule has 10 nitrogen and oxygen atoms in total. The van der Waals surface area contributed by atoms with E-state index in [2.05, 4.69) is 26.0 Å². The minimum absolute atomic E-state index is 0.0403. The van der Waals surface area contributed by atoms with Crippen LogP contribution in [0.5, 0.6) is 5.75 Å². The van der Waals surface area contributed by atoms with Gasteiger partial charge in [-0.3, -0.25) is 19.7 Å². The first kappa shape index (κ1) is 24.3. The van der Waals surface area contributed by atoms with Crippen LogP contribution in [0.3, 0.4) is 0 Å². The lowest BCUT2D eigenvalue weighted by Crippen LogP contribution is -2.29. The number of hydrogen-bond acceptors (Lipinski definition) is 7. The van der Waals surface area contributed by atoms with Crippen molar-refractivity contribution in [2.75, 3.05) is 6.61 Å². The summed E-state index contributed by atoms with van der Waals surface area (Å²) in [6.07, 6.45) is 1.19. The summed E-state index contributed by atoms with van der Waals surface area (Å²) in [4.78, 5) is 39.8. The number of nitrogens with zero attached hydrogens (tertiary/aromatic N) is 4. The molecule has 0 spiro atoms. The molecule has 33 heavy (non-hydrogen) atoms. The Morgan fingerprint density at radius 2 is 2.06 bits per heavy atom. The van der Waals surface area contributed by atoms with Crippen molar-refractivity contribution in [3.8, 4) is 5.75 Å². The molecule has 0 saturated carbocycles. The summed E-state index contributed by atoms with van der Waals surface area (Å²) in [5, 5.41) is 16.1. The van der Waals surface area contributed by atoms with Crippen molar-refractivity contribution in [3.05, 3.63) is 71.7 Å². The van der Waals surface area contributed by atoms with Gasteiger partial charge in [0.2, 0.25) is 5.75 Å². The topological polar surface area (TPSA) is 143 Å². The predicted octanol–water partition coefficient (Wildman–Crippen LogP) is 3.76. The largest absolute Gasteiger partial charge is 0.476 e. The summed E-state index contributed by atoms with van der Waals surface area (Å²) < 4.78 is 7.09. The van der Waals surface area contributed by atoms with Crippen molar-refractivity contribution < 1.29 is 14.5 Å². The van der Waals surface area contributed by atoms with Crippen LogP contribution in [0.15, 0.2) is 44.7 Å². The maximum atomic E-state index is 13.3. The molecule has 0 aliphatic rings. The normalized spacial score (nSPS) is 11.8. The Morgan fingerprint density at radius 3 is 2.67 bits per heavy atom. The summed E-state index contributed by atoms with van der Waals surface area (Å²) in [5.41, 5.74) is 4.22. The number of nitrogens with two attached hydrogens (primary N) is 1. The number of carbonyl (C=O) groups excluding carboxylic acids is 1. The van der Waals surface area contributed by atoms with E-state index in [0.717, 1.165) is 10.7 Å². The lowest BCUT2D eigenvalue weighted by Gasteiger charge is -2.21. The standard InChI is InChI=1S/C21H19BrClN5O5/c1-21(2,3)20-26-15-5-4-12(22)7-14(15)19(30)27(20)25-9-11-6-13(23)8-16(28(31)32)18(11)33-10-17(24)29/h4-9H,10H2,1-3H3,(H2,24,29). The number of hydrogen-bond donors (Lipinski definition) is 1. The third-order valence-electron chi connectivity index (χ3n) is 4.41.